The summed E-state index contributed by atoms with van der Waals surface area (Å²) in [5, 5.41) is 18.6. The zero-order chi connectivity index (χ0) is 11.5. The summed E-state index contributed by atoms with van der Waals surface area (Å²) < 4.78 is 0. The maximum atomic E-state index is 8.96. The first kappa shape index (κ1) is 11.2. The quantitative estimate of drug-likeness (QED) is 0.774. The van der Waals surface area contributed by atoms with Crippen LogP contribution < -0.4 is 5.46 Å². The second kappa shape index (κ2) is 4.70. The Morgan fingerprint density at radius 3 is 2.12 bits per heavy atom. The van der Waals surface area contributed by atoms with E-state index in [4.69, 9.17) is 21.6 Å². The van der Waals surface area contributed by atoms with Crippen molar-refractivity contribution >= 4 is 24.2 Å². The van der Waals surface area contributed by atoms with Crippen molar-refractivity contribution in [2.24, 2.45) is 0 Å². The topological polar surface area (TPSA) is 40.5 Å². The molecule has 2 N–H and O–H groups in total. The molecule has 0 heterocycles. The van der Waals surface area contributed by atoms with Crippen LogP contribution in [0.3, 0.4) is 0 Å². The van der Waals surface area contributed by atoms with Crippen LogP contribution >= 0.6 is 11.6 Å². The van der Waals surface area contributed by atoms with Gasteiger partial charge < -0.3 is 10.0 Å². The summed E-state index contributed by atoms with van der Waals surface area (Å²) in [4.78, 5) is 0. The number of halogens is 1. The highest BCUT2D eigenvalue weighted by Crippen LogP contribution is 2.21. The SMILES string of the molecule is OB(O)c1ccc(-c2cccc(Cl)c2)cc1. The third-order valence-corrected chi connectivity index (χ3v) is 2.60. The number of hydrogen-bond donors (Lipinski definition) is 2. The zero-order valence-corrected chi connectivity index (χ0v) is 9.22. The average molecular weight is 232 g/mol. The van der Waals surface area contributed by atoms with Gasteiger partial charge in [0.2, 0.25) is 0 Å². The highest BCUT2D eigenvalue weighted by atomic mass is 35.5. The minimum Gasteiger partial charge on any atom is -0.423 e. The van der Waals surface area contributed by atoms with E-state index in [1.165, 1.54) is 0 Å². The van der Waals surface area contributed by atoms with Gasteiger partial charge in [-0.25, -0.2) is 0 Å². The lowest BCUT2D eigenvalue weighted by molar-refractivity contribution is 0.426. The maximum Gasteiger partial charge on any atom is 0.488 e. The van der Waals surface area contributed by atoms with Gasteiger partial charge in [0.25, 0.3) is 0 Å². The molecule has 0 amide bonds. The first-order chi connectivity index (χ1) is 7.66. The molecular formula is C12H10BClO2. The van der Waals surface area contributed by atoms with E-state index < -0.39 is 7.12 Å². The van der Waals surface area contributed by atoms with Gasteiger partial charge in [0.1, 0.15) is 0 Å². The van der Waals surface area contributed by atoms with E-state index in [9.17, 15) is 0 Å². The van der Waals surface area contributed by atoms with Crippen molar-refractivity contribution in [2.45, 2.75) is 0 Å². The normalized spacial score (nSPS) is 10.2. The highest BCUT2D eigenvalue weighted by molar-refractivity contribution is 6.58. The number of rotatable bonds is 2. The molecule has 0 unspecified atom stereocenters. The van der Waals surface area contributed by atoms with E-state index in [0.29, 0.717) is 10.5 Å². The van der Waals surface area contributed by atoms with Crippen LogP contribution in [0.25, 0.3) is 11.1 Å². The van der Waals surface area contributed by atoms with Crippen LogP contribution in [0.2, 0.25) is 5.02 Å². The Kier molecular flexibility index (Phi) is 3.29. The van der Waals surface area contributed by atoms with Gasteiger partial charge in [0.05, 0.1) is 0 Å². The van der Waals surface area contributed by atoms with Gasteiger partial charge in [-0.05, 0) is 28.7 Å². The minimum absolute atomic E-state index is 0.478. The molecule has 0 fully saturated rings. The van der Waals surface area contributed by atoms with Gasteiger partial charge >= 0.3 is 7.12 Å². The molecule has 16 heavy (non-hydrogen) atoms. The van der Waals surface area contributed by atoms with E-state index in [1.54, 1.807) is 12.1 Å². The van der Waals surface area contributed by atoms with Gasteiger partial charge in [-0.1, -0.05) is 48.0 Å². The van der Waals surface area contributed by atoms with Crippen LogP contribution in [0.15, 0.2) is 48.5 Å². The van der Waals surface area contributed by atoms with Crippen LogP contribution in [0.5, 0.6) is 0 Å². The fourth-order valence-corrected chi connectivity index (χ4v) is 1.71. The van der Waals surface area contributed by atoms with Crippen molar-refractivity contribution < 1.29 is 10.0 Å². The molecule has 2 aromatic rings. The first-order valence-corrected chi connectivity index (χ1v) is 5.26. The second-order valence-corrected chi connectivity index (χ2v) is 3.94. The molecule has 0 aromatic heterocycles. The van der Waals surface area contributed by atoms with E-state index in [2.05, 4.69) is 0 Å². The smallest absolute Gasteiger partial charge is 0.423 e. The summed E-state index contributed by atoms with van der Waals surface area (Å²) in [6, 6.07) is 14.5. The summed E-state index contributed by atoms with van der Waals surface area (Å²) >= 11 is 5.90. The molecule has 2 aromatic carbocycles. The molecular weight excluding hydrogens is 222 g/mol. The molecule has 2 rings (SSSR count). The minimum atomic E-state index is -1.42. The average Bonchev–Trinajstić information content (AvgIpc) is 2.29. The molecule has 80 valence electrons. The molecule has 0 radical (unpaired) electrons. The fourth-order valence-electron chi connectivity index (χ4n) is 1.52. The largest absolute Gasteiger partial charge is 0.488 e. The molecule has 4 heteroatoms. The van der Waals surface area contributed by atoms with Crippen LogP contribution in [-0.2, 0) is 0 Å². The summed E-state index contributed by atoms with van der Waals surface area (Å²) in [5.74, 6) is 0. The Balaban J connectivity index is 2.35. The summed E-state index contributed by atoms with van der Waals surface area (Å²) in [6.07, 6.45) is 0. The Bertz CT molecular complexity index is 483. The number of benzene rings is 2. The van der Waals surface area contributed by atoms with Crippen molar-refractivity contribution in [3.63, 3.8) is 0 Å². The Morgan fingerprint density at radius 1 is 0.875 bits per heavy atom. The second-order valence-electron chi connectivity index (χ2n) is 3.51. The molecule has 2 nitrogen and oxygen atoms in total. The zero-order valence-electron chi connectivity index (χ0n) is 8.47. The molecule has 0 saturated heterocycles. The van der Waals surface area contributed by atoms with E-state index in [1.807, 2.05) is 36.4 Å². The van der Waals surface area contributed by atoms with E-state index >= 15 is 0 Å². The van der Waals surface area contributed by atoms with E-state index in [0.717, 1.165) is 11.1 Å². The molecule has 0 aliphatic carbocycles. The Morgan fingerprint density at radius 2 is 1.56 bits per heavy atom. The van der Waals surface area contributed by atoms with Crippen LogP contribution in [0.1, 0.15) is 0 Å². The summed E-state index contributed by atoms with van der Waals surface area (Å²) in [5.41, 5.74) is 2.48. The molecule has 0 bridgehead atoms. The third kappa shape index (κ3) is 2.45. The Labute approximate surface area is 99.3 Å². The van der Waals surface area contributed by atoms with Crippen LogP contribution in [0, 0.1) is 0 Å². The summed E-state index contributed by atoms with van der Waals surface area (Å²) in [6.45, 7) is 0. The Hall–Kier alpha value is -1.29. The van der Waals surface area contributed by atoms with Crippen LogP contribution in [-0.4, -0.2) is 17.2 Å². The van der Waals surface area contributed by atoms with Gasteiger partial charge in [-0.2, -0.15) is 0 Å². The molecule has 0 aliphatic heterocycles. The fraction of sp³-hybridized carbons (Fsp3) is 0. The standard InChI is InChI=1S/C12H10BClO2/c14-12-3-1-2-10(8-12)9-4-6-11(7-5-9)13(15)16/h1-8,15-16H. The van der Waals surface area contributed by atoms with Crippen molar-refractivity contribution in [1.29, 1.82) is 0 Å². The lowest BCUT2D eigenvalue weighted by Gasteiger charge is -2.04. The first-order valence-electron chi connectivity index (χ1n) is 4.89. The highest BCUT2D eigenvalue weighted by Gasteiger charge is 2.09. The molecule has 0 saturated carbocycles. The molecule has 0 aliphatic rings. The van der Waals surface area contributed by atoms with Gasteiger partial charge in [-0.3, -0.25) is 0 Å². The maximum absolute atomic E-state index is 8.96. The monoisotopic (exact) mass is 232 g/mol. The predicted molar refractivity (Wildman–Crippen MR) is 66.7 cm³/mol. The van der Waals surface area contributed by atoms with E-state index in [-0.39, 0.29) is 0 Å². The van der Waals surface area contributed by atoms with Crippen molar-refractivity contribution in [1.82, 2.24) is 0 Å². The van der Waals surface area contributed by atoms with Crippen LogP contribution in [0.4, 0.5) is 0 Å². The lowest BCUT2D eigenvalue weighted by Crippen LogP contribution is -2.29. The van der Waals surface area contributed by atoms with Crippen molar-refractivity contribution in [3.05, 3.63) is 53.6 Å². The predicted octanol–water partition coefficient (Wildman–Crippen LogP) is 1.69. The molecule has 0 atom stereocenters. The third-order valence-electron chi connectivity index (χ3n) is 2.37. The van der Waals surface area contributed by atoms with Crippen molar-refractivity contribution in [3.8, 4) is 11.1 Å². The molecule has 0 spiro atoms. The van der Waals surface area contributed by atoms with Crippen molar-refractivity contribution in [2.75, 3.05) is 0 Å². The van der Waals surface area contributed by atoms with Gasteiger partial charge in [0.15, 0.2) is 0 Å². The lowest BCUT2D eigenvalue weighted by atomic mass is 9.80. The van der Waals surface area contributed by atoms with Gasteiger partial charge in [0, 0.05) is 5.02 Å². The number of hydrogen-bond acceptors (Lipinski definition) is 2. The summed E-state index contributed by atoms with van der Waals surface area (Å²) in [7, 11) is -1.42. The van der Waals surface area contributed by atoms with Gasteiger partial charge in [-0.15, -0.1) is 0 Å².